The first kappa shape index (κ1) is 14.3. The minimum absolute atomic E-state index is 0.0000983. The van der Waals surface area contributed by atoms with Crippen LogP contribution in [0.1, 0.15) is 20.8 Å². The summed E-state index contributed by atoms with van der Waals surface area (Å²) in [5, 5.41) is 7.47. The van der Waals surface area contributed by atoms with Crippen molar-refractivity contribution in [3.05, 3.63) is 63.8 Å². The fraction of sp³-hybridized carbons (Fsp3) is 0.211. The Morgan fingerprint density at radius 1 is 1.22 bits per heavy atom. The minimum atomic E-state index is -0.0129. The summed E-state index contributed by atoms with van der Waals surface area (Å²) < 4.78 is 5.88. The molecule has 1 unspecified atom stereocenters. The standard InChI is InChI=1S/C19H17NO2S/c1-12-15(8-9-23-12)19(21)20-14-10-17-16-5-3-2-4-13(16)6-7-18(17)22-11-14/h2-9,14H,10-11H2,1H3,(H,20,21). The van der Waals surface area contributed by atoms with Crippen LogP contribution in [-0.4, -0.2) is 18.6 Å². The molecule has 1 aliphatic rings. The van der Waals surface area contributed by atoms with E-state index < -0.39 is 0 Å². The fourth-order valence-electron chi connectivity index (χ4n) is 3.13. The summed E-state index contributed by atoms with van der Waals surface area (Å²) >= 11 is 1.59. The number of hydrogen-bond donors (Lipinski definition) is 1. The zero-order valence-corrected chi connectivity index (χ0v) is 13.7. The van der Waals surface area contributed by atoms with Gasteiger partial charge in [-0.25, -0.2) is 0 Å². The molecule has 0 spiro atoms. The van der Waals surface area contributed by atoms with Gasteiger partial charge in [0, 0.05) is 16.9 Å². The summed E-state index contributed by atoms with van der Waals surface area (Å²) in [6.45, 7) is 2.49. The van der Waals surface area contributed by atoms with Crippen molar-refractivity contribution >= 4 is 28.0 Å². The lowest BCUT2D eigenvalue weighted by atomic mass is 9.96. The normalized spacial score (nSPS) is 16.7. The number of benzene rings is 2. The summed E-state index contributed by atoms with van der Waals surface area (Å²) in [4.78, 5) is 13.5. The fourth-order valence-corrected chi connectivity index (χ4v) is 3.83. The number of aryl methyl sites for hydroxylation is 1. The molecule has 116 valence electrons. The van der Waals surface area contributed by atoms with Crippen molar-refractivity contribution in [3.8, 4) is 5.75 Å². The van der Waals surface area contributed by atoms with Crippen LogP contribution in [0.4, 0.5) is 0 Å². The van der Waals surface area contributed by atoms with E-state index in [0.29, 0.717) is 6.61 Å². The third kappa shape index (κ3) is 2.59. The molecule has 0 saturated heterocycles. The Morgan fingerprint density at radius 3 is 2.91 bits per heavy atom. The molecule has 0 saturated carbocycles. The van der Waals surface area contributed by atoms with Gasteiger partial charge in [-0.1, -0.05) is 30.3 Å². The number of carbonyl (C=O) groups is 1. The monoisotopic (exact) mass is 323 g/mol. The molecule has 0 bridgehead atoms. The third-order valence-electron chi connectivity index (χ3n) is 4.33. The number of hydrogen-bond acceptors (Lipinski definition) is 3. The van der Waals surface area contributed by atoms with Gasteiger partial charge in [0.15, 0.2) is 0 Å². The number of fused-ring (bicyclic) bond motifs is 3. The van der Waals surface area contributed by atoms with Crippen LogP contribution >= 0.6 is 11.3 Å². The van der Waals surface area contributed by atoms with E-state index in [0.717, 1.165) is 22.6 Å². The van der Waals surface area contributed by atoms with Gasteiger partial charge in [-0.3, -0.25) is 4.79 Å². The summed E-state index contributed by atoms with van der Waals surface area (Å²) in [6, 6.07) is 14.3. The predicted molar refractivity (Wildman–Crippen MR) is 93.5 cm³/mol. The summed E-state index contributed by atoms with van der Waals surface area (Å²) in [5.41, 5.74) is 1.94. The zero-order valence-electron chi connectivity index (χ0n) is 12.8. The Morgan fingerprint density at radius 2 is 2.09 bits per heavy atom. The molecule has 2 aromatic carbocycles. The van der Waals surface area contributed by atoms with Gasteiger partial charge in [0.1, 0.15) is 12.4 Å². The first-order valence-corrected chi connectivity index (χ1v) is 8.59. The van der Waals surface area contributed by atoms with Gasteiger partial charge >= 0.3 is 0 Å². The number of rotatable bonds is 2. The van der Waals surface area contributed by atoms with E-state index in [9.17, 15) is 4.79 Å². The van der Waals surface area contributed by atoms with Gasteiger partial charge in [0.05, 0.1) is 11.6 Å². The zero-order chi connectivity index (χ0) is 15.8. The average molecular weight is 323 g/mol. The van der Waals surface area contributed by atoms with Gasteiger partial charge in [-0.05, 0) is 35.2 Å². The summed E-state index contributed by atoms with van der Waals surface area (Å²) in [5.74, 6) is 0.918. The van der Waals surface area contributed by atoms with E-state index >= 15 is 0 Å². The highest BCUT2D eigenvalue weighted by molar-refractivity contribution is 7.10. The van der Waals surface area contributed by atoms with E-state index in [4.69, 9.17) is 4.74 Å². The van der Waals surface area contributed by atoms with Gasteiger partial charge in [-0.2, -0.15) is 0 Å². The van der Waals surface area contributed by atoms with Crippen LogP contribution in [0.15, 0.2) is 47.8 Å². The first-order chi connectivity index (χ1) is 11.2. The number of nitrogens with one attached hydrogen (secondary N) is 1. The molecule has 4 rings (SSSR count). The highest BCUT2D eigenvalue weighted by atomic mass is 32.1. The van der Waals surface area contributed by atoms with Gasteiger partial charge in [0.2, 0.25) is 0 Å². The quantitative estimate of drug-likeness (QED) is 0.775. The molecule has 1 atom stereocenters. The van der Waals surface area contributed by atoms with Crippen molar-refractivity contribution in [3.63, 3.8) is 0 Å². The number of amides is 1. The first-order valence-electron chi connectivity index (χ1n) is 7.71. The van der Waals surface area contributed by atoms with Crippen LogP contribution in [0.25, 0.3) is 10.8 Å². The number of thiophene rings is 1. The molecule has 1 aromatic heterocycles. The molecule has 3 nitrogen and oxygen atoms in total. The van der Waals surface area contributed by atoms with E-state index in [1.807, 2.05) is 36.6 Å². The van der Waals surface area contributed by atoms with Crippen LogP contribution in [0.2, 0.25) is 0 Å². The van der Waals surface area contributed by atoms with Gasteiger partial charge in [-0.15, -0.1) is 11.3 Å². The Labute approximate surface area is 138 Å². The molecule has 0 radical (unpaired) electrons. The molecule has 0 aliphatic carbocycles. The summed E-state index contributed by atoms with van der Waals surface area (Å²) in [7, 11) is 0. The van der Waals surface area contributed by atoms with Crippen molar-refractivity contribution < 1.29 is 9.53 Å². The van der Waals surface area contributed by atoms with Crippen LogP contribution in [-0.2, 0) is 6.42 Å². The molecular weight excluding hydrogens is 306 g/mol. The Hall–Kier alpha value is -2.33. The molecule has 0 fully saturated rings. The second-order valence-corrected chi connectivity index (χ2v) is 6.96. The molecule has 1 aliphatic heterocycles. The average Bonchev–Trinajstić information content (AvgIpc) is 3.01. The van der Waals surface area contributed by atoms with E-state index in [-0.39, 0.29) is 11.9 Å². The molecule has 1 amide bonds. The maximum atomic E-state index is 12.4. The highest BCUT2D eigenvalue weighted by Gasteiger charge is 2.24. The van der Waals surface area contributed by atoms with E-state index in [1.165, 1.54) is 16.3 Å². The second kappa shape index (κ2) is 5.70. The van der Waals surface area contributed by atoms with Gasteiger partial charge < -0.3 is 10.1 Å². The maximum Gasteiger partial charge on any atom is 0.252 e. The second-order valence-electron chi connectivity index (χ2n) is 5.84. The molecule has 23 heavy (non-hydrogen) atoms. The number of ether oxygens (including phenoxy) is 1. The smallest absolute Gasteiger partial charge is 0.252 e. The van der Waals surface area contributed by atoms with Crippen LogP contribution in [0.5, 0.6) is 5.75 Å². The van der Waals surface area contributed by atoms with Crippen molar-refractivity contribution in [2.24, 2.45) is 0 Å². The lowest BCUT2D eigenvalue weighted by molar-refractivity contribution is 0.0915. The summed E-state index contributed by atoms with van der Waals surface area (Å²) in [6.07, 6.45) is 0.797. The lowest BCUT2D eigenvalue weighted by Gasteiger charge is -2.27. The topological polar surface area (TPSA) is 38.3 Å². The molecule has 1 N–H and O–H groups in total. The minimum Gasteiger partial charge on any atom is -0.491 e. The predicted octanol–water partition coefficient (Wildman–Crippen LogP) is 3.94. The van der Waals surface area contributed by atoms with Crippen LogP contribution in [0.3, 0.4) is 0 Å². The number of carbonyl (C=O) groups excluding carboxylic acids is 1. The maximum absolute atomic E-state index is 12.4. The highest BCUT2D eigenvalue weighted by Crippen LogP contribution is 2.32. The largest absolute Gasteiger partial charge is 0.491 e. The van der Waals surface area contributed by atoms with Gasteiger partial charge in [0.25, 0.3) is 5.91 Å². The van der Waals surface area contributed by atoms with Crippen molar-refractivity contribution in [1.82, 2.24) is 5.32 Å². The van der Waals surface area contributed by atoms with E-state index in [1.54, 1.807) is 11.3 Å². The van der Waals surface area contributed by atoms with E-state index in [2.05, 4.69) is 23.5 Å². The third-order valence-corrected chi connectivity index (χ3v) is 5.17. The van der Waals surface area contributed by atoms with Crippen molar-refractivity contribution in [2.45, 2.75) is 19.4 Å². The van der Waals surface area contributed by atoms with Crippen molar-refractivity contribution in [2.75, 3.05) is 6.61 Å². The van der Waals surface area contributed by atoms with Crippen LogP contribution in [0, 0.1) is 6.92 Å². The molecule has 4 heteroatoms. The lowest BCUT2D eigenvalue weighted by Crippen LogP contribution is -2.42. The Balaban J connectivity index is 1.60. The Bertz CT molecular complexity index is 884. The van der Waals surface area contributed by atoms with Crippen LogP contribution < -0.4 is 10.1 Å². The molecule has 3 aromatic rings. The SMILES string of the molecule is Cc1sccc1C(=O)NC1COc2ccc3ccccc3c2C1. The molecular formula is C19H17NO2S. The Kier molecular flexibility index (Phi) is 3.54. The van der Waals surface area contributed by atoms with Crippen molar-refractivity contribution in [1.29, 1.82) is 0 Å². The molecule has 2 heterocycles.